The Bertz CT molecular complexity index is 1260. The van der Waals surface area contributed by atoms with Gasteiger partial charge in [-0.1, -0.05) is 30.3 Å². The third-order valence-corrected chi connectivity index (χ3v) is 6.15. The van der Waals surface area contributed by atoms with Crippen molar-refractivity contribution in [2.75, 3.05) is 0 Å². The van der Waals surface area contributed by atoms with Gasteiger partial charge in [-0.2, -0.15) is 0 Å². The molecule has 0 saturated heterocycles. The average Bonchev–Trinajstić information content (AvgIpc) is 3.27. The number of aromatic nitrogens is 1. The highest BCUT2D eigenvalue weighted by molar-refractivity contribution is 7.12. The number of carbonyl (C=O) groups is 1. The van der Waals surface area contributed by atoms with Gasteiger partial charge < -0.3 is 9.88 Å². The van der Waals surface area contributed by atoms with E-state index in [1.807, 2.05) is 43.5 Å². The Hall–Kier alpha value is -3.25. The van der Waals surface area contributed by atoms with Crippen LogP contribution in [-0.4, -0.2) is 15.8 Å². The number of amides is 1. The van der Waals surface area contributed by atoms with Gasteiger partial charge in [0.15, 0.2) is 0 Å². The maximum Gasteiger partial charge on any atom is 0.264 e. The van der Waals surface area contributed by atoms with E-state index in [2.05, 4.69) is 4.98 Å². The maximum atomic E-state index is 13.3. The fourth-order valence-electron chi connectivity index (χ4n) is 3.46. The summed E-state index contributed by atoms with van der Waals surface area (Å²) in [5, 5.41) is 2.77. The van der Waals surface area contributed by atoms with Crippen LogP contribution in [0.2, 0.25) is 0 Å². The Balaban J connectivity index is 1.71. The number of benzene rings is 2. The van der Waals surface area contributed by atoms with Crippen molar-refractivity contribution in [3.63, 3.8) is 0 Å². The van der Waals surface area contributed by atoms with Gasteiger partial charge in [0.2, 0.25) is 0 Å². The molecule has 0 bridgehead atoms. The molecule has 2 heterocycles. The summed E-state index contributed by atoms with van der Waals surface area (Å²) in [6, 6.07) is 15.5. The molecule has 0 spiro atoms. The fraction of sp³-hybridized carbons (Fsp3) is 0.167. The first-order chi connectivity index (χ1) is 14.4. The lowest BCUT2D eigenvalue weighted by Crippen LogP contribution is -2.32. The van der Waals surface area contributed by atoms with Crippen LogP contribution in [0, 0.1) is 19.7 Å². The first-order valence-electron chi connectivity index (χ1n) is 9.61. The summed E-state index contributed by atoms with van der Waals surface area (Å²) >= 11 is 1.36. The van der Waals surface area contributed by atoms with Crippen molar-refractivity contribution in [2.24, 2.45) is 0 Å². The monoisotopic (exact) mass is 420 g/mol. The number of nitrogens with one attached hydrogen (secondary N) is 1. The van der Waals surface area contributed by atoms with Gasteiger partial charge in [-0.05, 0) is 65.6 Å². The van der Waals surface area contributed by atoms with Crippen molar-refractivity contribution >= 4 is 28.1 Å². The number of fused-ring (bicyclic) bond motifs is 1. The number of aromatic amines is 1. The van der Waals surface area contributed by atoms with Crippen LogP contribution in [0.25, 0.3) is 10.9 Å². The third-order valence-electron chi connectivity index (χ3n) is 5.30. The van der Waals surface area contributed by atoms with Crippen LogP contribution >= 0.6 is 11.3 Å². The summed E-state index contributed by atoms with van der Waals surface area (Å²) in [7, 11) is 0. The quantitative estimate of drug-likeness (QED) is 0.483. The van der Waals surface area contributed by atoms with Crippen molar-refractivity contribution in [1.82, 2.24) is 9.88 Å². The lowest BCUT2D eigenvalue weighted by atomic mass is 10.0. The van der Waals surface area contributed by atoms with Gasteiger partial charge in [0.1, 0.15) is 5.82 Å². The highest BCUT2D eigenvalue weighted by atomic mass is 32.1. The molecular formula is C24H21FN2O2S. The highest BCUT2D eigenvalue weighted by Crippen LogP contribution is 2.21. The van der Waals surface area contributed by atoms with Crippen LogP contribution in [0.15, 0.2) is 64.8 Å². The summed E-state index contributed by atoms with van der Waals surface area (Å²) in [6.07, 6.45) is 0. The molecule has 0 unspecified atom stereocenters. The molecule has 0 atom stereocenters. The molecule has 0 radical (unpaired) electrons. The number of nitrogens with zero attached hydrogens (tertiary/aromatic N) is 1. The first-order valence-corrected chi connectivity index (χ1v) is 10.5. The lowest BCUT2D eigenvalue weighted by Gasteiger charge is -2.22. The molecular weight excluding hydrogens is 399 g/mol. The molecule has 2 aromatic carbocycles. The highest BCUT2D eigenvalue weighted by Gasteiger charge is 2.19. The molecule has 0 aliphatic rings. The molecule has 30 heavy (non-hydrogen) atoms. The zero-order valence-electron chi connectivity index (χ0n) is 16.7. The summed E-state index contributed by atoms with van der Waals surface area (Å²) in [5.41, 5.74) is 4.06. The van der Waals surface area contributed by atoms with E-state index in [0.29, 0.717) is 10.4 Å². The van der Waals surface area contributed by atoms with E-state index >= 15 is 0 Å². The van der Waals surface area contributed by atoms with Crippen LogP contribution in [0.5, 0.6) is 0 Å². The molecule has 0 saturated carbocycles. The predicted octanol–water partition coefficient (Wildman–Crippen LogP) is 5.19. The third kappa shape index (κ3) is 4.04. The number of hydrogen-bond acceptors (Lipinski definition) is 3. The fourth-order valence-corrected chi connectivity index (χ4v) is 4.15. The molecule has 4 aromatic rings. The SMILES string of the molecule is Cc1ccc2cc(CN(Cc3ccc(F)cc3)C(=O)c3cccs3)c(=O)[nH]c2c1C. The van der Waals surface area contributed by atoms with Gasteiger partial charge in [-0.15, -0.1) is 11.3 Å². The Morgan fingerprint density at radius 1 is 1.07 bits per heavy atom. The minimum absolute atomic E-state index is 0.158. The molecule has 0 aliphatic heterocycles. The second kappa shape index (κ2) is 8.24. The molecule has 4 nitrogen and oxygen atoms in total. The minimum Gasteiger partial charge on any atom is -0.329 e. The Morgan fingerprint density at radius 2 is 1.83 bits per heavy atom. The number of H-pyrrole nitrogens is 1. The van der Waals surface area contributed by atoms with Crippen LogP contribution in [-0.2, 0) is 13.1 Å². The number of rotatable bonds is 5. The van der Waals surface area contributed by atoms with Crippen molar-refractivity contribution in [2.45, 2.75) is 26.9 Å². The lowest BCUT2D eigenvalue weighted by molar-refractivity contribution is 0.0734. The van der Waals surface area contributed by atoms with Crippen molar-refractivity contribution in [3.8, 4) is 0 Å². The topological polar surface area (TPSA) is 53.2 Å². The normalized spacial score (nSPS) is 11.0. The van der Waals surface area contributed by atoms with Gasteiger partial charge >= 0.3 is 0 Å². The number of pyridine rings is 1. The summed E-state index contributed by atoms with van der Waals surface area (Å²) < 4.78 is 13.3. The maximum absolute atomic E-state index is 13.3. The minimum atomic E-state index is -0.327. The Labute approximate surface area is 177 Å². The van der Waals surface area contributed by atoms with Crippen LogP contribution in [0.1, 0.15) is 31.9 Å². The van der Waals surface area contributed by atoms with E-state index in [1.54, 1.807) is 23.1 Å². The van der Waals surface area contributed by atoms with Crippen LogP contribution in [0.4, 0.5) is 4.39 Å². The van der Waals surface area contributed by atoms with E-state index in [0.717, 1.165) is 27.6 Å². The van der Waals surface area contributed by atoms with E-state index in [9.17, 15) is 14.0 Å². The van der Waals surface area contributed by atoms with E-state index in [1.165, 1.54) is 23.5 Å². The first kappa shape index (κ1) is 20.0. The molecule has 2 aromatic heterocycles. The molecule has 6 heteroatoms. The van der Waals surface area contributed by atoms with E-state index < -0.39 is 0 Å². The molecule has 0 aliphatic carbocycles. The standard InChI is InChI=1S/C24H21FN2O2S/c1-15-5-8-18-12-19(23(28)26-22(18)16(15)2)14-27(24(29)21-4-3-11-30-21)13-17-6-9-20(25)10-7-17/h3-12H,13-14H2,1-2H3,(H,26,28). The van der Waals surface area contributed by atoms with E-state index in [4.69, 9.17) is 0 Å². The molecule has 1 amide bonds. The van der Waals surface area contributed by atoms with Gasteiger partial charge in [0.25, 0.3) is 11.5 Å². The van der Waals surface area contributed by atoms with Gasteiger partial charge in [0.05, 0.1) is 16.9 Å². The van der Waals surface area contributed by atoms with Gasteiger partial charge in [-0.25, -0.2) is 4.39 Å². The number of aryl methyl sites for hydroxylation is 2. The molecule has 152 valence electrons. The van der Waals surface area contributed by atoms with E-state index in [-0.39, 0.29) is 30.4 Å². The number of thiophene rings is 1. The number of hydrogen-bond donors (Lipinski definition) is 1. The van der Waals surface area contributed by atoms with Crippen molar-refractivity contribution in [3.05, 3.63) is 103 Å². The van der Waals surface area contributed by atoms with Gasteiger partial charge in [0, 0.05) is 12.1 Å². The summed E-state index contributed by atoms with van der Waals surface area (Å²) in [5.74, 6) is -0.486. The van der Waals surface area contributed by atoms with Gasteiger partial charge in [-0.3, -0.25) is 9.59 Å². The van der Waals surface area contributed by atoms with Crippen molar-refractivity contribution in [1.29, 1.82) is 0 Å². The largest absolute Gasteiger partial charge is 0.329 e. The van der Waals surface area contributed by atoms with Crippen LogP contribution in [0.3, 0.4) is 0 Å². The summed E-state index contributed by atoms with van der Waals surface area (Å²) in [4.78, 5) is 31.1. The number of halogens is 1. The summed E-state index contributed by atoms with van der Waals surface area (Å²) in [6.45, 7) is 4.42. The van der Waals surface area contributed by atoms with Crippen molar-refractivity contribution < 1.29 is 9.18 Å². The Morgan fingerprint density at radius 3 is 2.53 bits per heavy atom. The predicted molar refractivity (Wildman–Crippen MR) is 118 cm³/mol. The van der Waals surface area contributed by atoms with Crippen LogP contribution < -0.4 is 5.56 Å². The average molecular weight is 421 g/mol. The molecule has 0 fully saturated rings. The smallest absolute Gasteiger partial charge is 0.264 e. The second-order valence-electron chi connectivity index (χ2n) is 7.36. The zero-order chi connectivity index (χ0) is 21.3. The number of carbonyl (C=O) groups excluding carboxylic acids is 1. The zero-order valence-corrected chi connectivity index (χ0v) is 17.6. The second-order valence-corrected chi connectivity index (χ2v) is 8.31. The molecule has 1 N–H and O–H groups in total. The molecule has 4 rings (SSSR count). The Kier molecular flexibility index (Phi) is 5.50.